The van der Waals surface area contributed by atoms with E-state index in [-0.39, 0.29) is 11.9 Å². The highest BCUT2D eigenvalue weighted by Crippen LogP contribution is 2.34. The molecule has 2 aliphatic rings. The first-order valence-corrected chi connectivity index (χ1v) is 8.66. The van der Waals surface area contributed by atoms with Crippen LogP contribution in [0.15, 0.2) is 5.38 Å². The second kappa shape index (κ2) is 6.52. The number of thiazole rings is 1. The molecule has 1 aromatic heterocycles. The van der Waals surface area contributed by atoms with Crippen molar-refractivity contribution >= 4 is 17.4 Å². The van der Waals surface area contributed by atoms with Crippen molar-refractivity contribution in [2.24, 2.45) is 5.92 Å². The molecule has 3 heterocycles. The highest BCUT2D eigenvalue weighted by Gasteiger charge is 2.42. The van der Waals surface area contributed by atoms with Crippen molar-refractivity contribution in [3.8, 4) is 0 Å². The molecule has 2 fully saturated rings. The molecule has 0 unspecified atom stereocenters. The van der Waals surface area contributed by atoms with E-state index >= 15 is 0 Å². The lowest BCUT2D eigenvalue weighted by Crippen LogP contribution is -2.51. The minimum Gasteiger partial charge on any atom is -0.347 e. The van der Waals surface area contributed by atoms with Crippen LogP contribution in [0.3, 0.4) is 0 Å². The van der Waals surface area contributed by atoms with Gasteiger partial charge in [0, 0.05) is 30.1 Å². The van der Waals surface area contributed by atoms with Crippen molar-refractivity contribution in [3.05, 3.63) is 16.1 Å². The quantitative estimate of drug-likeness (QED) is 0.925. The molecule has 0 aromatic carbocycles. The summed E-state index contributed by atoms with van der Waals surface area (Å²) in [6.07, 6.45) is 2.02. The molecule has 0 aliphatic carbocycles. The number of nitrogens with one attached hydrogen (secondary N) is 1. The Morgan fingerprint density at radius 1 is 1.55 bits per heavy atom. The molecule has 0 saturated carbocycles. The molecule has 2 amide bonds. The fourth-order valence-corrected chi connectivity index (χ4v) is 3.81. The number of aromatic nitrogens is 1. The van der Waals surface area contributed by atoms with Gasteiger partial charge in [-0.05, 0) is 26.7 Å². The Bertz CT molecular complexity index is 528. The van der Waals surface area contributed by atoms with Gasteiger partial charge in [0.15, 0.2) is 5.79 Å². The molecule has 0 bridgehead atoms. The minimum absolute atomic E-state index is 0.0286. The number of aryl methyl sites for hydroxylation is 1. The van der Waals surface area contributed by atoms with E-state index in [1.165, 1.54) is 0 Å². The number of ether oxygens (including phenoxy) is 2. The van der Waals surface area contributed by atoms with Crippen molar-refractivity contribution in [3.63, 3.8) is 0 Å². The van der Waals surface area contributed by atoms with Crippen molar-refractivity contribution in [1.82, 2.24) is 15.2 Å². The topological polar surface area (TPSA) is 63.7 Å². The van der Waals surface area contributed by atoms with Crippen LogP contribution in [0.25, 0.3) is 0 Å². The molecule has 122 valence electrons. The van der Waals surface area contributed by atoms with E-state index in [1.807, 2.05) is 24.1 Å². The average Bonchev–Trinajstić information content (AvgIpc) is 3.14. The Hall–Kier alpha value is -1.18. The lowest BCUT2D eigenvalue weighted by molar-refractivity contribution is -0.189. The molecule has 7 heteroatoms. The molecule has 1 aromatic rings. The van der Waals surface area contributed by atoms with Crippen LogP contribution in [0.4, 0.5) is 4.79 Å². The van der Waals surface area contributed by atoms with E-state index < -0.39 is 5.79 Å². The lowest BCUT2D eigenvalue weighted by Gasteiger charge is -2.39. The number of nitrogens with zero attached hydrogens (tertiary/aromatic N) is 2. The van der Waals surface area contributed by atoms with Gasteiger partial charge in [-0.25, -0.2) is 9.78 Å². The predicted molar refractivity (Wildman–Crippen MR) is 83.7 cm³/mol. The van der Waals surface area contributed by atoms with Gasteiger partial charge in [-0.1, -0.05) is 0 Å². The lowest BCUT2D eigenvalue weighted by atomic mass is 9.90. The number of hydrogen-bond acceptors (Lipinski definition) is 5. The SMILES string of the molecule is Cc1csc(CNC(=O)N2CCC[C@@H](C3(C)OCCO3)C2)n1. The van der Waals surface area contributed by atoms with Gasteiger partial charge in [0.2, 0.25) is 0 Å². The minimum atomic E-state index is -0.536. The summed E-state index contributed by atoms with van der Waals surface area (Å²) in [4.78, 5) is 18.6. The van der Waals surface area contributed by atoms with Gasteiger partial charge in [0.1, 0.15) is 5.01 Å². The number of piperidine rings is 1. The molecule has 1 atom stereocenters. The number of amides is 2. The third-order valence-electron chi connectivity index (χ3n) is 4.37. The first-order valence-electron chi connectivity index (χ1n) is 7.78. The van der Waals surface area contributed by atoms with E-state index in [4.69, 9.17) is 9.47 Å². The zero-order valence-electron chi connectivity index (χ0n) is 13.1. The summed E-state index contributed by atoms with van der Waals surface area (Å²) in [5, 5.41) is 5.89. The number of rotatable bonds is 3. The second-order valence-electron chi connectivity index (χ2n) is 6.04. The fraction of sp³-hybridized carbons (Fsp3) is 0.733. The van der Waals surface area contributed by atoms with Gasteiger partial charge < -0.3 is 19.7 Å². The van der Waals surface area contributed by atoms with Gasteiger partial charge in [-0.15, -0.1) is 11.3 Å². The number of carbonyl (C=O) groups is 1. The normalized spacial score (nSPS) is 24.5. The molecule has 2 saturated heterocycles. The van der Waals surface area contributed by atoms with Gasteiger partial charge in [0.05, 0.1) is 19.8 Å². The van der Waals surface area contributed by atoms with Crippen molar-refractivity contribution in [1.29, 1.82) is 0 Å². The summed E-state index contributed by atoms with van der Waals surface area (Å²) in [6.45, 7) is 7.19. The maximum atomic E-state index is 12.4. The molecule has 2 aliphatic heterocycles. The van der Waals surface area contributed by atoms with Gasteiger partial charge in [-0.3, -0.25) is 0 Å². The van der Waals surface area contributed by atoms with E-state index in [0.29, 0.717) is 26.3 Å². The molecule has 3 rings (SSSR count). The Morgan fingerprint density at radius 2 is 2.32 bits per heavy atom. The highest BCUT2D eigenvalue weighted by molar-refractivity contribution is 7.09. The van der Waals surface area contributed by atoms with Crippen LogP contribution in [0, 0.1) is 12.8 Å². The van der Waals surface area contributed by atoms with Gasteiger partial charge in [0.25, 0.3) is 0 Å². The molecule has 6 nitrogen and oxygen atoms in total. The Labute approximate surface area is 134 Å². The van der Waals surface area contributed by atoms with Crippen molar-refractivity contribution in [2.45, 2.75) is 39.0 Å². The third kappa shape index (κ3) is 3.42. The molecule has 0 spiro atoms. The number of likely N-dealkylation sites (tertiary alicyclic amines) is 1. The summed E-state index contributed by atoms with van der Waals surface area (Å²) in [6, 6.07) is -0.0286. The van der Waals surface area contributed by atoms with Crippen molar-refractivity contribution in [2.75, 3.05) is 26.3 Å². The van der Waals surface area contributed by atoms with Crippen LogP contribution in [0.1, 0.15) is 30.5 Å². The van der Waals surface area contributed by atoms with E-state index in [2.05, 4.69) is 10.3 Å². The number of carbonyl (C=O) groups excluding carboxylic acids is 1. The zero-order valence-corrected chi connectivity index (χ0v) is 13.9. The molecular formula is C15H23N3O3S. The Morgan fingerprint density at radius 3 is 3.00 bits per heavy atom. The summed E-state index contributed by atoms with van der Waals surface area (Å²) < 4.78 is 11.5. The summed E-state index contributed by atoms with van der Waals surface area (Å²) in [5.74, 6) is -0.303. The van der Waals surface area contributed by atoms with Crippen LogP contribution >= 0.6 is 11.3 Å². The Kier molecular flexibility index (Phi) is 4.65. The van der Waals surface area contributed by atoms with Gasteiger partial charge >= 0.3 is 6.03 Å². The summed E-state index contributed by atoms with van der Waals surface area (Å²) >= 11 is 1.57. The Balaban J connectivity index is 1.53. The maximum absolute atomic E-state index is 12.4. The van der Waals surface area contributed by atoms with E-state index in [9.17, 15) is 4.79 Å². The molecule has 22 heavy (non-hydrogen) atoms. The molecular weight excluding hydrogens is 302 g/mol. The zero-order chi connectivity index (χ0) is 15.6. The smallest absolute Gasteiger partial charge is 0.317 e. The molecule has 0 radical (unpaired) electrons. The largest absolute Gasteiger partial charge is 0.347 e. The standard InChI is InChI=1S/C15H23N3O3S/c1-11-10-22-13(17-11)8-16-14(19)18-5-3-4-12(9-18)15(2)20-6-7-21-15/h10,12H,3-9H2,1-2H3,(H,16,19)/t12-/m1/s1. The monoisotopic (exact) mass is 325 g/mol. The summed E-state index contributed by atoms with van der Waals surface area (Å²) in [7, 11) is 0. The number of hydrogen-bond donors (Lipinski definition) is 1. The highest BCUT2D eigenvalue weighted by atomic mass is 32.1. The summed E-state index contributed by atoms with van der Waals surface area (Å²) in [5.41, 5.74) is 0.996. The first kappa shape index (κ1) is 15.7. The van der Waals surface area contributed by atoms with Crippen molar-refractivity contribution < 1.29 is 14.3 Å². The van der Waals surface area contributed by atoms with Crippen LogP contribution in [0.2, 0.25) is 0 Å². The predicted octanol–water partition coefficient (Wildman–Crippen LogP) is 2.14. The van der Waals surface area contributed by atoms with Crippen LogP contribution < -0.4 is 5.32 Å². The molecule has 1 N–H and O–H groups in total. The average molecular weight is 325 g/mol. The van der Waals surface area contributed by atoms with Gasteiger partial charge in [-0.2, -0.15) is 0 Å². The fourth-order valence-electron chi connectivity index (χ4n) is 3.10. The first-order chi connectivity index (χ1) is 10.6. The maximum Gasteiger partial charge on any atom is 0.317 e. The van der Waals surface area contributed by atoms with Crippen LogP contribution in [0.5, 0.6) is 0 Å². The van der Waals surface area contributed by atoms with E-state index in [0.717, 1.165) is 30.1 Å². The second-order valence-corrected chi connectivity index (χ2v) is 6.98. The third-order valence-corrected chi connectivity index (χ3v) is 5.33. The van der Waals surface area contributed by atoms with Crippen LogP contribution in [-0.2, 0) is 16.0 Å². The van der Waals surface area contributed by atoms with Crippen LogP contribution in [-0.4, -0.2) is 48.0 Å². The number of urea groups is 1. The van der Waals surface area contributed by atoms with E-state index in [1.54, 1.807) is 11.3 Å².